The first-order chi connectivity index (χ1) is 8.70. The smallest absolute Gasteiger partial charge is 0.220 e. The van der Waals surface area contributed by atoms with E-state index in [1.807, 2.05) is 12.1 Å². The number of anilines is 1. The molecular weight excluding hydrogens is 260 g/mol. The average molecular weight is 283 g/mol. The highest BCUT2D eigenvalue weighted by molar-refractivity contribution is 5.85. The van der Waals surface area contributed by atoms with E-state index in [1.54, 1.807) is 0 Å². The summed E-state index contributed by atoms with van der Waals surface area (Å²) in [5, 5.41) is 3.15. The van der Waals surface area contributed by atoms with Gasteiger partial charge in [0.15, 0.2) is 0 Å². The number of nitrogens with two attached hydrogens (primary N) is 1. The van der Waals surface area contributed by atoms with Crippen molar-refractivity contribution in [2.45, 2.75) is 51.5 Å². The van der Waals surface area contributed by atoms with Crippen LogP contribution in [-0.4, -0.2) is 5.91 Å². The molecule has 1 aromatic carbocycles. The second-order valence-corrected chi connectivity index (χ2v) is 5.07. The summed E-state index contributed by atoms with van der Waals surface area (Å²) in [5.41, 5.74) is 9.16. The number of hydrogen-bond acceptors (Lipinski definition) is 2. The van der Waals surface area contributed by atoms with Gasteiger partial charge in [-0.15, -0.1) is 12.4 Å². The van der Waals surface area contributed by atoms with Gasteiger partial charge in [-0.05, 0) is 48.9 Å². The van der Waals surface area contributed by atoms with Gasteiger partial charge in [-0.25, -0.2) is 0 Å². The molecule has 0 fully saturated rings. The number of unbranched alkanes of at least 4 members (excludes halogenated alkanes) is 1. The van der Waals surface area contributed by atoms with Crippen LogP contribution in [0.3, 0.4) is 0 Å². The summed E-state index contributed by atoms with van der Waals surface area (Å²) >= 11 is 0. The molecule has 2 rings (SSSR count). The zero-order chi connectivity index (χ0) is 13.0. The van der Waals surface area contributed by atoms with Gasteiger partial charge >= 0.3 is 0 Å². The van der Waals surface area contributed by atoms with Gasteiger partial charge in [0.05, 0.1) is 6.04 Å². The first-order valence-corrected chi connectivity index (χ1v) is 6.88. The number of rotatable bonds is 4. The van der Waals surface area contributed by atoms with Crippen LogP contribution in [0, 0.1) is 0 Å². The van der Waals surface area contributed by atoms with Crippen LogP contribution in [0.15, 0.2) is 18.2 Å². The summed E-state index contributed by atoms with van der Waals surface area (Å²) in [7, 11) is 0. The van der Waals surface area contributed by atoms with Gasteiger partial charge < -0.3 is 11.1 Å². The zero-order valence-electron chi connectivity index (χ0n) is 11.4. The Hall–Kier alpha value is -1.22. The second-order valence-electron chi connectivity index (χ2n) is 5.07. The SMILES string of the molecule is CCCCC(=O)NC1CCCc2cc(N)ccc21.Cl. The molecule has 3 N–H and O–H groups in total. The molecule has 1 amide bonds. The van der Waals surface area contributed by atoms with E-state index in [-0.39, 0.29) is 24.4 Å². The minimum absolute atomic E-state index is 0. The van der Waals surface area contributed by atoms with Crippen molar-refractivity contribution in [2.75, 3.05) is 5.73 Å². The number of fused-ring (bicyclic) bond motifs is 1. The van der Waals surface area contributed by atoms with Crippen LogP contribution in [0.4, 0.5) is 5.69 Å². The van der Waals surface area contributed by atoms with E-state index in [1.165, 1.54) is 11.1 Å². The van der Waals surface area contributed by atoms with Crippen molar-refractivity contribution in [3.05, 3.63) is 29.3 Å². The molecule has 106 valence electrons. The number of amides is 1. The first-order valence-electron chi connectivity index (χ1n) is 6.88. The van der Waals surface area contributed by atoms with Crippen LogP contribution >= 0.6 is 12.4 Å². The van der Waals surface area contributed by atoms with E-state index in [2.05, 4.69) is 18.3 Å². The molecule has 0 radical (unpaired) electrons. The molecule has 0 saturated heterocycles. The maximum atomic E-state index is 11.8. The zero-order valence-corrected chi connectivity index (χ0v) is 12.3. The Kier molecular flexibility index (Phi) is 6.16. The number of carbonyl (C=O) groups is 1. The molecule has 1 atom stereocenters. The van der Waals surface area contributed by atoms with Gasteiger partial charge in [-0.1, -0.05) is 19.4 Å². The fraction of sp³-hybridized carbons (Fsp3) is 0.533. The normalized spacial score (nSPS) is 17.2. The van der Waals surface area contributed by atoms with Crippen molar-refractivity contribution in [3.63, 3.8) is 0 Å². The molecule has 4 heteroatoms. The fourth-order valence-corrected chi connectivity index (χ4v) is 2.59. The van der Waals surface area contributed by atoms with Crippen molar-refractivity contribution in [2.24, 2.45) is 0 Å². The Morgan fingerprint density at radius 3 is 3.00 bits per heavy atom. The Balaban J connectivity index is 0.00000180. The average Bonchev–Trinajstić information content (AvgIpc) is 2.36. The lowest BCUT2D eigenvalue weighted by molar-refractivity contribution is -0.122. The summed E-state index contributed by atoms with van der Waals surface area (Å²) in [4.78, 5) is 11.8. The van der Waals surface area contributed by atoms with Crippen molar-refractivity contribution in [3.8, 4) is 0 Å². The van der Waals surface area contributed by atoms with Crippen LogP contribution in [0.5, 0.6) is 0 Å². The van der Waals surface area contributed by atoms with Gasteiger partial charge in [0, 0.05) is 12.1 Å². The minimum atomic E-state index is 0. The molecule has 0 heterocycles. The molecule has 0 bridgehead atoms. The Morgan fingerprint density at radius 1 is 1.47 bits per heavy atom. The molecule has 1 unspecified atom stereocenters. The lowest BCUT2D eigenvalue weighted by Crippen LogP contribution is -2.30. The summed E-state index contributed by atoms with van der Waals surface area (Å²) in [6, 6.07) is 6.21. The van der Waals surface area contributed by atoms with Crippen molar-refractivity contribution in [1.29, 1.82) is 0 Å². The topological polar surface area (TPSA) is 55.1 Å². The third-order valence-electron chi connectivity index (χ3n) is 3.57. The van der Waals surface area contributed by atoms with E-state index in [4.69, 9.17) is 5.73 Å². The van der Waals surface area contributed by atoms with E-state index in [0.717, 1.165) is 37.8 Å². The molecule has 1 aromatic rings. The monoisotopic (exact) mass is 282 g/mol. The number of aryl methyl sites for hydroxylation is 1. The molecule has 0 spiro atoms. The van der Waals surface area contributed by atoms with Crippen molar-refractivity contribution >= 4 is 24.0 Å². The second kappa shape index (κ2) is 7.39. The summed E-state index contributed by atoms with van der Waals surface area (Å²) in [6.07, 6.45) is 5.89. The first kappa shape index (κ1) is 15.8. The van der Waals surface area contributed by atoms with Gasteiger partial charge in [0.2, 0.25) is 5.91 Å². The molecule has 0 saturated carbocycles. The van der Waals surface area contributed by atoms with E-state index in [9.17, 15) is 4.79 Å². The number of halogens is 1. The van der Waals surface area contributed by atoms with E-state index >= 15 is 0 Å². The molecule has 19 heavy (non-hydrogen) atoms. The van der Waals surface area contributed by atoms with Crippen molar-refractivity contribution in [1.82, 2.24) is 5.32 Å². The lowest BCUT2D eigenvalue weighted by atomic mass is 9.87. The number of nitrogens with one attached hydrogen (secondary N) is 1. The highest BCUT2D eigenvalue weighted by Gasteiger charge is 2.21. The van der Waals surface area contributed by atoms with Gasteiger partial charge in [-0.2, -0.15) is 0 Å². The molecular formula is C15H23ClN2O. The predicted molar refractivity (Wildman–Crippen MR) is 81.4 cm³/mol. The molecule has 3 nitrogen and oxygen atoms in total. The highest BCUT2D eigenvalue weighted by atomic mass is 35.5. The standard InChI is InChI=1S/C15H22N2O.ClH/c1-2-3-7-15(18)17-14-6-4-5-11-10-12(16)8-9-13(11)14;/h8-10,14H,2-7,16H2,1H3,(H,17,18);1H. The largest absolute Gasteiger partial charge is 0.399 e. The van der Waals surface area contributed by atoms with Crippen molar-refractivity contribution < 1.29 is 4.79 Å². The van der Waals surface area contributed by atoms with Crippen LogP contribution < -0.4 is 11.1 Å². The molecule has 0 aromatic heterocycles. The van der Waals surface area contributed by atoms with Gasteiger partial charge in [0.25, 0.3) is 0 Å². The molecule has 0 aliphatic heterocycles. The predicted octanol–water partition coefficient (Wildman–Crippen LogP) is 3.37. The van der Waals surface area contributed by atoms with Crippen LogP contribution in [0.25, 0.3) is 0 Å². The van der Waals surface area contributed by atoms with Gasteiger partial charge in [0.1, 0.15) is 0 Å². The maximum absolute atomic E-state index is 11.8. The number of hydrogen-bond donors (Lipinski definition) is 2. The quantitative estimate of drug-likeness (QED) is 0.832. The highest BCUT2D eigenvalue weighted by Crippen LogP contribution is 2.30. The Labute approximate surface area is 121 Å². The fourth-order valence-electron chi connectivity index (χ4n) is 2.59. The van der Waals surface area contributed by atoms with Crippen LogP contribution in [-0.2, 0) is 11.2 Å². The number of nitrogen functional groups attached to an aromatic ring is 1. The third kappa shape index (κ3) is 4.13. The summed E-state index contributed by atoms with van der Waals surface area (Å²) in [5.74, 6) is 0.173. The Morgan fingerprint density at radius 2 is 2.26 bits per heavy atom. The maximum Gasteiger partial charge on any atom is 0.220 e. The summed E-state index contributed by atoms with van der Waals surface area (Å²) in [6.45, 7) is 2.10. The van der Waals surface area contributed by atoms with Gasteiger partial charge in [-0.3, -0.25) is 4.79 Å². The number of carbonyl (C=O) groups excluding carboxylic acids is 1. The summed E-state index contributed by atoms with van der Waals surface area (Å²) < 4.78 is 0. The molecule has 1 aliphatic carbocycles. The minimum Gasteiger partial charge on any atom is -0.399 e. The Bertz CT molecular complexity index is 434. The lowest BCUT2D eigenvalue weighted by Gasteiger charge is -2.26. The van der Waals surface area contributed by atoms with E-state index in [0.29, 0.717) is 6.42 Å². The van der Waals surface area contributed by atoms with Crippen LogP contribution in [0.1, 0.15) is 56.2 Å². The third-order valence-corrected chi connectivity index (χ3v) is 3.57. The van der Waals surface area contributed by atoms with Crippen LogP contribution in [0.2, 0.25) is 0 Å². The molecule has 1 aliphatic rings. The number of benzene rings is 1. The van der Waals surface area contributed by atoms with E-state index < -0.39 is 0 Å².